The van der Waals surface area contributed by atoms with Gasteiger partial charge in [0.25, 0.3) is 5.91 Å². The minimum absolute atomic E-state index is 0.280. The van der Waals surface area contributed by atoms with Gasteiger partial charge in [0.2, 0.25) is 0 Å². The molecule has 2 N–H and O–H groups in total. The molecule has 9 nitrogen and oxygen atoms in total. The first-order chi connectivity index (χ1) is 16.3. The van der Waals surface area contributed by atoms with Gasteiger partial charge in [-0.15, -0.1) is 0 Å². The predicted octanol–water partition coefficient (Wildman–Crippen LogP) is 3.23. The monoisotopic (exact) mass is 485 g/mol. The number of nitrogens with one attached hydrogen (secondary N) is 2. The Hall–Kier alpha value is -3.11. The molecule has 1 aliphatic carbocycles. The second kappa shape index (κ2) is 10.0. The maximum Gasteiger partial charge on any atom is 0.301 e. The molecule has 0 atom stereocenters. The predicted molar refractivity (Wildman–Crippen MR) is 132 cm³/mol. The third-order valence-corrected chi connectivity index (χ3v) is 6.83. The Morgan fingerprint density at radius 3 is 2.82 bits per heavy atom. The van der Waals surface area contributed by atoms with E-state index in [2.05, 4.69) is 9.82 Å². The van der Waals surface area contributed by atoms with E-state index in [0.29, 0.717) is 18.0 Å². The lowest BCUT2D eigenvalue weighted by Crippen LogP contribution is -2.39. The number of carbonyl (C=O) groups is 1. The number of aromatic nitrogens is 3. The van der Waals surface area contributed by atoms with Crippen LogP contribution in [0.3, 0.4) is 0 Å². The van der Waals surface area contributed by atoms with Gasteiger partial charge in [-0.2, -0.15) is 18.2 Å². The zero-order valence-corrected chi connectivity index (χ0v) is 20.6. The zero-order valence-electron chi connectivity index (χ0n) is 19.7. The van der Waals surface area contributed by atoms with Gasteiger partial charge in [0.05, 0.1) is 17.8 Å². The molecule has 0 spiro atoms. The van der Waals surface area contributed by atoms with Crippen molar-refractivity contribution in [2.24, 2.45) is 13.0 Å². The molecule has 3 aromatic rings. The van der Waals surface area contributed by atoms with Crippen LogP contribution in [0.1, 0.15) is 43.9 Å². The Morgan fingerprint density at radius 1 is 1.29 bits per heavy atom. The van der Waals surface area contributed by atoms with Gasteiger partial charge in [0.1, 0.15) is 11.6 Å². The van der Waals surface area contributed by atoms with E-state index in [-0.39, 0.29) is 6.54 Å². The number of amides is 1. The van der Waals surface area contributed by atoms with Crippen LogP contribution >= 0.6 is 0 Å². The smallest absolute Gasteiger partial charge is 0.301 e. The molecule has 0 bridgehead atoms. The highest BCUT2D eigenvalue weighted by atomic mass is 32.2. The number of ether oxygens (including phenoxy) is 1. The third-order valence-electron chi connectivity index (χ3n) is 5.77. The fourth-order valence-corrected chi connectivity index (χ4v) is 4.59. The molecule has 0 aliphatic heterocycles. The standard InChI is InChI=1S/C24H31N5O4S/c1-4-5-13-25-34(31,32)27-23(30)11-10-21-17(2)26-28(3)24(21)29-14-12-19-8-9-20(15-22(19)29)33-16-18-6-7-18/h8-12,14-15,18,25H,4-7,13,16H2,1-3H3,(H,27,30)/b11-10+. The van der Waals surface area contributed by atoms with Gasteiger partial charge >= 0.3 is 10.2 Å². The Balaban J connectivity index is 1.58. The second-order valence-corrected chi connectivity index (χ2v) is 10.2. The molecule has 1 saturated carbocycles. The molecular weight excluding hydrogens is 454 g/mol. The lowest BCUT2D eigenvalue weighted by atomic mass is 10.2. The molecule has 1 amide bonds. The SMILES string of the molecule is CCCCNS(=O)(=O)NC(=O)/C=C/c1c(C)nn(C)c1-n1ccc2ccc(OCC3CC3)cc21. The van der Waals surface area contributed by atoms with Crippen LogP contribution in [0.4, 0.5) is 0 Å². The van der Waals surface area contributed by atoms with E-state index in [1.54, 1.807) is 10.8 Å². The van der Waals surface area contributed by atoms with E-state index in [1.807, 2.05) is 60.6 Å². The molecule has 10 heteroatoms. The molecule has 1 aliphatic rings. The first-order valence-corrected chi connectivity index (χ1v) is 13.0. The van der Waals surface area contributed by atoms with Crippen molar-refractivity contribution in [2.75, 3.05) is 13.2 Å². The summed E-state index contributed by atoms with van der Waals surface area (Å²) in [6.07, 6.45) is 8.75. The lowest BCUT2D eigenvalue weighted by molar-refractivity contribution is -0.114. The van der Waals surface area contributed by atoms with Crippen molar-refractivity contribution >= 4 is 33.1 Å². The van der Waals surface area contributed by atoms with Gasteiger partial charge in [-0.1, -0.05) is 13.3 Å². The molecule has 1 aromatic carbocycles. The maximum absolute atomic E-state index is 12.3. The molecule has 34 heavy (non-hydrogen) atoms. The van der Waals surface area contributed by atoms with Gasteiger partial charge in [0.15, 0.2) is 0 Å². The second-order valence-electron chi connectivity index (χ2n) is 8.66. The summed E-state index contributed by atoms with van der Waals surface area (Å²) >= 11 is 0. The average molecular weight is 486 g/mol. The zero-order chi connectivity index (χ0) is 24.3. The minimum atomic E-state index is -3.90. The number of fused-ring (bicyclic) bond motifs is 1. The van der Waals surface area contributed by atoms with E-state index in [9.17, 15) is 13.2 Å². The quantitative estimate of drug-likeness (QED) is 0.320. The van der Waals surface area contributed by atoms with E-state index < -0.39 is 16.1 Å². The molecule has 2 aromatic heterocycles. The van der Waals surface area contributed by atoms with Crippen LogP contribution in [0.2, 0.25) is 0 Å². The molecule has 0 saturated heterocycles. The number of carbonyl (C=O) groups excluding carboxylic acids is 1. The van der Waals surface area contributed by atoms with Crippen LogP contribution in [0, 0.1) is 12.8 Å². The molecule has 0 unspecified atom stereocenters. The number of aryl methyl sites for hydroxylation is 2. The Labute approximate surface area is 200 Å². The Morgan fingerprint density at radius 2 is 2.09 bits per heavy atom. The summed E-state index contributed by atoms with van der Waals surface area (Å²) in [5.74, 6) is 1.51. The van der Waals surface area contributed by atoms with Gasteiger partial charge in [0, 0.05) is 42.9 Å². The van der Waals surface area contributed by atoms with Crippen LogP contribution in [-0.2, 0) is 22.1 Å². The summed E-state index contributed by atoms with van der Waals surface area (Å²) < 4.78 is 38.1. The number of unbranched alkanes of at least 4 members (excludes halogenated alkanes) is 1. The summed E-state index contributed by atoms with van der Waals surface area (Å²) in [5, 5.41) is 5.57. The number of benzene rings is 1. The summed E-state index contributed by atoms with van der Waals surface area (Å²) in [6, 6.07) is 8.02. The molecule has 2 heterocycles. The summed E-state index contributed by atoms with van der Waals surface area (Å²) in [6.45, 7) is 4.82. The molecule has 182 valence electrons. The number of rotatable bonds is 11. The molecular formula is C24H31N5O4S. The largest absolute Gasteiger partial charge is 0.493 e. The van der Waals surface area contributed by atoms with E-state index in [1.165, 1.54) is 18.9 Å². The van der Waals surface area contributed by atoms with Crippen LogP contribution in [0.5, 0.6) is 5.75 Å². The first kappa shape index (κ1) is 24.0. The normalized spacial score (nSPS) is 14.2. The highest BCUT2D eigenvalue weighted by molar-refractivity contribution is 7.88. The molecule has 4 rings (SSSR count). The molecule has 0 radical (unpaired) electrons. The van der Waals surface area contributed by atoms with E-state index >= 15 is 0 Å². The summed E-state index contributed by atoms with van der Waals surface area (Å²) in [5.41, 5.74) is 2.39. The summed E-state index contributed by atoms with van der Waals surface area (Å²) in [4.78, 5) is 12.3. The van der Waals surface area contributed by atoms with Crippen molar-refractivity contribution in [3.05, 3.63) is 47.8 Å². The topological polar surface area (TPSA) is 107 Å². The van der Waals surface area contributed by atoms with Crippen LogP contribution in [0.15, 0.2) is 36.5 Å². The van der Waals surface area contributed by atoms with E-state index in [0.717, 1.165) is 41.1 Å². The number of hydrogen-bond donors (Lipinski definition) is 2. The van der Waals surface area contributed by atoms with Gasteiger partial charge in [-0.3, -0.25) is 9.48 Å². The van der Waals surface area contributed by atoms with E-state index in [4.69, 9.17) is 4.74 Å². The minimum Gasteiger partial charge on any atom is -0.493 e. The van der Waals surface area contributed by atoms with Crippen molar-refractivity contribution in [3.63, 3.8) is 0 Å². The van der Waals surface area contributed by atoms with Crippen molar-refractivity contribution in [2.45, 2.75) is 39.5 Å². The number of hydrogen-bond acceptors (Lipinski definition) is 5. The van der Waals surface area contributed by atoms with Gasteiger partial charge < -0.3 is 9.30 Å². The lowest BCUT2D eigenvalue weighted by Gasteiger charge is -2.10. The highest BCUT2D eigenvalue weighted by Gasteiger charge is 2.22. The van der Waals surface area contributed by atoms with Crippen molar-refractivity contribution in [1.82, 2.24) is 23.8 Å². The van der Waals surface area contributed by atoms with Crippen LogP contribution in [-0.4, -0.2) is 41.8 Å². The van der Waals surface area contributed by atoms with Crippen molar-refractivity contribution in [1.29, 1.82) is 0 Å². The maximum atomic E-state index is 12.3. The van der Waals surface area contributed by atoms with Crippen molar-refractivity contribution in [3.8, 4) is 11.6 Å². The van der Waals surface area contributed by atoms with Crippen molar-refractivity contribution < 1.29 is 17.9 Å². The first-order valence-electron chi connectivity index (χ1n) is 11.5. The molecule has 1 fully saturated rings. The fraction of sp³-hybridized carbons (Fsp3) is 0.417. The fourth-order valence-electron chi connectivity index (χ4n) is 3.77. The summed E-state index contributed by atoms with van der Waals surface area (Å²) in [7, 11) is -2.06. The Bertz CT molecular complexity index is 1320. The number of nitrogens with zero attached hydrogens (tertiary/aromatic N) is 3. The highest BCUT2D eigenvalue weighted by Crippen LogP contribution is 2.31. The Kier molecular flexibility index (Phi) is 7.08. The third kappa shape index (κ3) is 5.68. The average Bonchev–Trinajstić information content (AvgIpc) is 3.46. The van der Waals surface area contributed by atoms with Crippen LogP contribution < -0.4 is 14.2 Å². The van der Waals surface area contributed by atoms with Gasteiger partial charge in [-0.25, -0.2) is 4.72 Å². The van der Waals surface area contributed by atoms with Gasteiger partial charge in [-0.05, 0) is 56.4 Å². The van der Waals surface area contributed by atoms with Crippen LogP contribution in [0.25, 0.3) is 22.8 Å².